The Hall–Kier alpha value is -4.48. The van der Waals surface area contributed by atoms with Crippen molar-refractivity contribution in [3.8, 4) is 0 Å². The lowest BCUT2D eigenvalue weighted by atomic mass is 10.1. The fraction of sp³-hybridized carbons (Fsp3) is 0.115. The molecule has 0 aliphatic rings. The van der Waals surface area contributed by atoms with Gasteiger partial charge in [0.15, 0.2) is 0 Å². The van der Waals surface area contributed by atoms with Crippen LogP contribution >= 0.6 is 0 Å². The van der Waals surface area contributed by atoms with Gasteiger partial charge in [0.05, 0.1) is 4.90 Å². The van der Waals surface area contributed by atoms with Crippen LogP contribution < -0.4 is 26.0 Å². The molecule has 0 atom stereocenters. The lowest BCUT2D eigenvalue weighted by molar-refractivity contribution is 0.262. The minimum absolute atomic E-state index is 0.0115. The van der Waals surface area contributed by atoms with Crippen molar-refractivity contribution < 1.29 is 13.2 Å². The minimum Gasteiger partial charge on any atom is -0.329 e. The third-order valence-corrected chi connectivity index (χ3v) is 6.42. The number of hydrogen-bond donors (Lipinski definition) is 4. The second-order valence-corrected chi connectivity index (χ2v) is 9.74. The number of carbonyl (C=O) groups excluding carboxylic acids is 1. The number of nitrogens with one attached hydrogen (secondary N) is 3. The Morgan fingerprint density at radius 1 is 0.919 bits per heavy atom. The minimum atomic E-state index is -3.82. The molecule has 0 aliphatic carbocycles. The molecule has 0 saturated carbocycles. The summed E-state index contributed by atoms with van der Waals surface area (Å²) in [4.78, 5) is 23.0. The summed E-state index contributed by atoms with van der Waals surface area (Å²) in [6.07, 6.45) is 2.49. The number of amides is 2. The molecule has 1 heterocycles. The van der Waals surface area contributed by atoms with Crippen molar-refractivity contribution in [2.75, 3.05) is 27.9 Å². The molecule has 37 heavy (non-hydrogen) atoms. The van der Waals surface area contributed by atoms with Gasteiger partial charge in [-0.05, 0) is 72.6 Å². The molecule has 0 fully saturated rings. The Balaban J connectivity index is 1.41. The summed E-state index contributed by atoms with van der Waals surface area (Å²) in [7, 11) is -1.97. The van der Waals surface area contributed by atoms with Gasteiger partial charge in [0.1, 0.15) is 5.82 Å². The van der Waals surface area contributed by atoms with E-state index in [4.69, 9.17) is 5.14 Å². The largest absolute Gasteiger partial charge is 0.329 e. The standard InChI is InChI=1S/C26H27N7O3S/c1-3-18-6-4-7-20(16-18)31-26(34)30-19-10-12-22(13-11-19)33(2)24-14-15-28-25(32-24)29-21-8-5-9-23(17-21)37(27,35)36/h4-17H,3H2,1-2H3,(H2,27,35,36)(H,28,29,32)(H2,30,31,34). The molecule has 0 bridgehead atoms. The van der Waals surface area contributed by atoms with E-state index in [1.54, 1.807) is 36.5 Å². The van der Waals surface area contributed by atoms with Crippen molar-refractivity contribution in [2.24, 2.45) is 5.14 Å². The van der Waals surface area contributed by atoms with Gasteiger partial charge in [-0.15, -0.1) is 0 Å². The average Bonchev–Trinajstić information content (AvgIpc) is 2.88. The Kier molecular flexibility index (Phi) is 7.66. The number of rotatable bonds is 8. The van der Waals surface area contributed by atoms with E-state index in [-0.39, 0.29) is 16.9 Å². The van der Waals surface area contributed by atoms with E-state index >= 15 is 0 Å². The number of anilines is 6. The first-order chi connectivity index (χ1) is 17.7. The molecule has 0 saturated heterocycles. The van der Waals surface area contributed by atoms with E-state index in [1.807, 2.05) is 48.3 Å². The van der Waals surface area contributed by atoms with Crippen molar-refractivity contribution in [1.29, 1.82) is 0 Å². The summed E-state index contributed by atoms with van der Waals surface area (Å²) in [5.74, 6) is 0.896. The first kappa shape index (κ1) is 25.6. The van der Waals surface area contributed by atoms with Crippen LogP contribution in [0.1, 0.15) is 12.5 Å². The van der Waals surface area contributed by atoms with E-state index in [1.165, 1.54) is 12.1 Å². The SMILES string of the molecule is CCc1cccc(NC(=O)Nc2ccc(N(C)c3ccnc(Nc4cccc(S(N)(=O)=O)c4)n3)cc2)c1. The Labute approximate surface area is 215 Å². The number of aromatic nitrogens is 2. The Morgan fingerprint density at radius 2 is 1.62 bits per heavy atom. The van der Waals surface area contributed by atoms with Gasteiger partial charge in [-0.3, -0.25) is 0 Å². The molecular weight excluding hydrogens is 490 g/mol. The molecule has 190 valence electrons. The van der Waals surface area contributed by atoms with Crippen LogP contribution in [0.4, 0.5) is 39.3 Å². The number of urea groups is 1. The van der Waals surface area contributed by atoms with Crippen LogP contribution in [-0.2, 0) is 16.4 Å². The van der Waals surface area contributed by atoms with E-state index < -0.39 is 10.0 Å². The lowest BCUT2D eigenvalue weighted by Gasteiger charge is -2.19. The van der Waals surface area contributed by atoms with Crippen LogP contribution in [0.25, 0.3) is 0 Å². The van der Waals surface area contributed by atoms with Gasteiger partial charge >= 0.3 is 6.03 Å². The maximum atomic E-state index is 12.4. The number of benzene rings is 3. The van der Waals surface area contributed by atoms with E-state index in [9.17, 15) is 13.2 Å². The number of hydrogen-bond acceptors (Lipinski definition) is 7. The van der Waals surface area contributed by atoms with Gasteiger partial charge in [0.25, 0.3) is 0 Å². The summed E-state index contributed by atoms with van der Waals surface area (Å²) < 4.78 is 23.2. The Morgan fingerprint density at radius 3 is 2.35 bits per heavy atom. The maximum absolute atomic E-state index is 12.4. The molecule has 5 N–H and O–H groups in total. The fourth-order valence-electron chi connectivity index (χ4n) is 3.54. The highest BCUT2D eigenvalue weighted by atomic mass is 32.2. The third-order valence-electron chi connectivity index (χ3n) is 5.51. The zero-order chi connectivity index (χ0) is 26.4. The lowest BCUT2D eigenvalue weighted by Crippen LogP contribution is -2.19. The van der Waals surface area contributed by atoms with Crippen molar-refractivity contribution >= 4 is 50.6 Å². The maximum Gasteiger partial charge on any atom is 0.323 e. The molecule has 3 aromatic carbocycles. The highest BCUT2D eigenvalue weighted by Crippen LogP contribution is 2.25. The van der Waals surface area contributed by atoms with Gasteiger partial charge in [0, 0.05) is 36.0 Å². The molecule has 0 aliphatic heterocycles. The number of sulfonamides is 1. The van der Waals surface area contributed by atoms with Crippen molar-refractivity contribution in [1.82, 2.24) is 9.97 Å². The summed E-state index contributed by atoms with van der Waals surface area (Å²) >= 11 is 0. The molecule has 0 radical (unpaired) electrons. The molecule has 2 amide bonds. The van der Waals surface area contributed by atoms with Gasteiger partial charge < -0.3 is 20.9 Å². The van der Waals surface area contributed by atoms with E-state index in [2.05, 4.69) is 32.8 Å². The van der Waals surface area contributed by atoms with Gasteiger partial charge in [-0.2, -0.15) is 4.98 Å². The predicted molar refractivity (Wildman–Crippen MR) is 146 cm³/mol. The molecule has 10 nitrogen and oxygen atoms in total. The quantitative estimate of drug-likeness (QED) is 0.262. The summed E-state index contributed by atoms with van der Waals surface area (Å²) in [5, 5.41) is 13.9. The third kappa shape index (κ3) is 6.81. The van der Waals surface area contributed by atoms with Crippen LogP contribution in [0.3, 0.4) is 0 Å². The van der Waals surface area contributed by atoms with Crippen molar-refractivity contribution in [3.63, 3.8) is 0 Å². The second kappa shape index (κ2) is 11.1. The predicted octanol–water partition coefficient (Wildman–Crippen LogP) is 4.84. The highest BCUT2D eigenvalue weighted by molar-refractivity contribution is 7.89. The second-order valence-electron chi connectivity index (χ2n) is 8.18. The van der Waals surface area contributed by atoms with Crippen LogP contribution in [0.15, 0.2) is 90.0 Å². The zero-order valence-corrected chi connectivity index (χ0v) is 21.2. The normalized spacial score (nSPS) is 11.0. The number of nitrogens with zero attached hydrogens (tertiary/aromatic N) is 3. The molecule has 0 spiro atoms. The fourth-order valence-corrected chi connectivity index (χ4v) is 4.10. The first-order valence-electron chi connectivity index (χ1n) is 11.4. The number of nitrogens with two attached hydrogens (primary N) is 1. The van der Waals surface area contributed by atoms with Crippen LogP contribution in [0.2, 0.25) is 0 Å². The first-order valence-corrected chi connectivity index (χ1v) is 13.0. The topological polar surface area (TPSA) is 142 Å². The van der Waals surface area contributed by atoms with Gasteiger partial charge in [-0.25, -0.2) is 23.3 Å². The average molecular weight is 518 g/mol. The number of aryl methyl sites for hydroxylation is 1. The molecule has 4 rings (SSSR count). The summed E-state index contributed by atoms with van der Waals surface area (Å²) in [6.45, 7) is 2.06. The number of primary sulfonamides is 1. The smallest absolute Gasteiger partial charge is 0.323 e. The van der Waals surface area contributed by atoms with E-state index in [0.717, 1.165) is 23.4 Å². The zero-order valence-electron chi connectivity index (χ0n) is 20.3. The Bertz CT molecular complexity index is 1510. The van der Waals surface area contributed by atoms with Crippen molar-refractivity contribution in [2.45, 2.75) is 18.2 Å². The van der Waals surface area contributed by atoms with E-state index in [0.29, 0.717) is 17.2 Å². The van der Waals surface area contributed by atoms with Crippen molar-refractivity contribution in [3.05, 3.63) is 90.6 Å². The molecule has 11 heteroatoms. The van der Waals surface area contributed by atoms with Crippen LogP contribution in [0, 0.1) is 0 Å². The van der Waals surface area contributed by atoms with Crippen LogP contribution in [0.5, 0.6) is 0 Å². The van der Waals surface area contributed by atoms with Gasteiger partial charge in [-0.1, -0.05) is 25.1 Å². The van der Waals surface area contributed by atoms with Gasteiger partial charge in [0.2, 0.25) is 16.0 Å². The molecule has 4 aromatic rings. The molecule has 0 unspecified atom stereocenters. The summed E-state index contributed by atoms with van der Waals surface area (Å²) in [6, 6.07) is 22.6. The molecule has 1 aromatic heterocycles. The monoisotopic (exact) mass is 517 g/mol. The number of carbonyl (C=O) groups is 1. The molecular formula is C26H27N7O3S. The van der Waals surface area contributed by atoms with Crippen LogP contribution in [-0.4, -0.2) is 31.5 Å². The summed E-state index contributed by atoms with van der Waals surface area (Å²) in [5.41, 5.74) is 3.84. The highest BCUT2D eigenvalue weighted by Gasteiger charge is 2.11.